The number of rotatable bonds is 8. The van der Waals surface area contributed by atoms with E-state index in [1.165, 1.54) is 5.39 Å². The molecule has 0 aromatic heterocycles. The summed E-state index contributed by atoms with van der Waals surface area (Å²) in [4.78, 5) is 12.1. The molecule has 1 amide bonds. The molecule has 1 saturated heterocycles. The normalized spacial score (nSPS) is 15.1. The van der Waals surface area contributed by atoms with Gasteiger partial charge in [0, 0.05) is 0 Å². The van der Waals surface area contributed by atoms with Gasteiger partial charge in [0.15, 0.2) is 17.3 Å². The number of benzene rings is 3. The van der Waals surface area contributed by atoms with Crippen LogP contribution in [0.4, 0.5) is 0 Å². The topological polar surface area (TPSA) is 78.4 Å². The Morgan fingerprint density at radius 2 is 1.94 bits per heavy atom. The minimum absolute atomic E-state index is 0.0755. The molecule has 0 unspecified atom stereocenters. The number of amides is 1. The van der Waals surface area contributed by atoms with E-state index in [0.29, 0.717) is 31.3 Å². The summed E-state index contributed by atoms with van der Waals surface area (Å²) in [6.45, 7) is 3.13. The SMILES string of the molecule is COc1cc(/C=N/NC(=O)CC2(C)OCCO2)cc(I)c1OCc1cccc2ccccc12. The number of methoxy groups -OCH3 is 1. The van der Waals surface area contributed by atoms with Crippen molar-refractivity contribution in [1.29, 1.82) is 0 Å². The summed E-state index contributed by atoms with van der Waals surface area (Å²) in [5, 5.41) is 6.39. The van der Waals surface area contributed by atoms with Gasteiger partial charge >= 0.3 is 0 Å². The van der Waals surface area contributed by atoms with Crippen LogP contribution in [0.25, 0.3) is 10.8 Å². The number of nitrogens with one attached hydrogen (secondary N) is 1. The van der Waals surface area contributed by atoms with E-state index in [0.717, 1.165) is 20.1 Å². The minimum Gasteiger partial charge on any atom is -0.493 e. The highest BCUT2D eigenvalue weighted by Gasteiger charge is 2.33. The van der Waals surface area contributed by atoms with E-state index >= 15 is 0 Å². The second kappa shape index (κ2) is 10.5. The van der Waals surface area contributed by atoms with Crippen LogP contribution >= 0.6 is 22.6 Å². The van der Waals surface area contributed by atoms with Crippen LogP contribution in [0.1, 0.15) is 24.5 Å². The Hall–Kier alpha value is -2.69. The molecule has 1 heterocycles. The van der Waals surface area contributed by atoms with Gasteiger partial charge in [-0.25, -0.2) is 5.43 Å². The Bertz CT molecular complexity index is 1170. The molecule has 3 aromatic rings. The number of fused-ring (bicyclic) bond motifs is 1. The zero-order valence-electron chi connectivity index (χ0n) is 18.5. The average Bonchev–Trinajstić information content (AvgIpc) is 3.23. The summed E-state index contributed by atoms with van der Waals surface area (Å²) < 4.78 is 23.5. The van der Waals surface area contributed by atoms with Gasteiger partial charge in [-0.1, -0.05) is 42.5 Å². The van der Waals surface area contributed by atoms with E-state index in [1.54, 1.807) is 20.2 Å². The maximum Gasteiger partial charge on any atom is 0.245 e. The predicted octanol–water partition coefficient (Wildman–Crippen LogP) is 4.64. The molecule has 0 atom stereocenters. The van der Waals surface area contributed by atoms with E-state index in [1.807, 2.05) is 30.3 Å². The van der Waals surface area contributed by atoms with Gasteiger partial charge in [0.25, 0.3) is 0 Å². The van der Waals surface area contributed by atoms with Crippen LogP contribution in [0.15, 0.2) is 59.7 Å². The predicted molar refractivity (Wildman–Crippen MR) is 135 cm³/mol. The number of ether oxygens (including phenoxy) is 4. The van der Waals surface area contributed by atoms with Crippen LogP contribution < -0.4 is 14.9 Å². The van der Waals surface area contributed by atoms with Gasteiger partial charge in [0.2, 0.25) is 5.91 Å². The number of carbonyl (C=O) groups excluding carboxylic acids is 1. The fourth-order valence-electron chi connectivity index (χ4n) is 3.69. The summed E-state index contributed by atoms with van der Waals surface area (Å²) in [7, 11) is 1.60. The van der Waals surface area contributed by atoms with E-state index in [2.05, 4.69) is 57.4 Å². The Labute approximate surface area is 206 Å². The van der Waals surface area contributed by atoms with Gasteiger partial charge in [-0.05, 0) is 63.5 Å². The molecule has 172 valence electrons. The molecule has 4 rings (SSSR count). The highest BCUT2D eigenvalue weighted by Crippen LogP contribution is 2.34. The highest BCUT2D eigenvalue weighted by molar-refractivity contribution is 14.1. The van der Waals surface area contributed by atoms with Crippen molar-refractivity contribution in [3.8, 4) is 11.5 Å². The van der Waals surface area contributed by atoms with Crippen LogP contribution in [0.5, 0.6) is 11.5 Å². The van der Waals surface area contributed by atoms with Gasteiger partial charge in [-0.3, -0.25) is 4.79 Å². The van der Waals surface area contributed by atoms with Crippen LogP contribution in [0.3, 0.4) is 0 Å². The second-order valence-electron chi connectivity index (χ2n) is 7.76. The summed E-state index contributed by atoms with van der Waals surface area (Å²) in [5.74, 6) is 0.0829. The first-order valence-corrected chi connectivity index (χ1v) is 11.6. The molecule has 0 bridgehead atoms. The van der Waals surface area contributed by atoms with Gasteiger partial charge < -0.3 is 18.9 Å². The molecule has 1 aliphatic rings. The van der Waals surface area contributed by atoms with Crippen LogP contribution in [-0.2, 0) is 20.9 Å². The van der Waals surface area contributed by atoms with Crippen molar-refractivity contribution in [3.63, 3.8) is 0 Å². The smallest absolute Gasteiger partial charge is 0.245 e. The fourth-order valence-corrected chi connectivity index (χ4v) is 4.47. The number of hydrogen-bond donors (Lipinski definition) is 1. The summed E-state index contributed by atoms with van der Waals surface area (Å²) >= 11 is 2.21. The molecular formula is C25H25IN2O5. The standard InChI is InChI=1S/C25H25IN2O5/c1-25(32-10-11-33-25)14-23(29)28-27-15-17-12-21(26)24(22(13-17)30-2)31-16-19-8-5-7-18-6-3-4-9-20(18)19/h3-9,12-13,15H,10-11,14,16H2,1-2H3,(H,28,29)/b27-15+. The number of halogens is 1. The third-order valence-electron chi connectivity index (χ3n) is 5.29. The molecule has 0 radical (unpaired) electrons. The lowest BCUT2D eigenvalue weighted by molar-refractivity contribution is -0.159. The highest BCUT2D eigenvalue weighted by atomic mass is 127. The van der Waals surface area contributed by atoms with Gasteiger partial charge in [0.05, 0.1) is 36.5 Å². The maximum absolute atomic E-state index is 12.1. The van der Waals surface area contributed by atoms with Crippen LogP contribution in [0.2, 0.25) is 0 Å². The van der Waals surface area contributed by atoms with Crippen molar-refractivity contribution in [3.05, 3.63) is 69.3 Å². The van der Waals surface area contributed by atoms with Gasteiger partial charge in [-0.2, -0.15) is 5.10 Å². The van der Waals surface area contributed by atoms with Crippen molar-refractivity contribution < 1.29 is 23.7 Å². The number of hydrogen-bond acceptors (Lipinski definition) is 6. The molecule has 0 aliphatic carbocycles. The largest absolute Gasteiger partial charge is 0.493 e. The first-order valence-electron chi connectivity index (χ1n) is 10.5. The molecule has 0 saturated carbocycles. The van der Waals surface area contributed by atoms with E-state index in [9.17, 15) is 4.79 Å². The Kier molecular flexibility index (Phi) is 7.46. The molecular weight excluding hydrogens is 535 g/mol. The van der Waals surface area contributed by atoms with E-state index in [4.69, 9.17) is 18.9 Å². The van der Waals surface area contributed by atoms with Crippen molar-refractivity contribution >= 4 is 45.5 Å². The molecule has 0 spiro atoms. The molecule has 8 heteroatoms. The average molecular weight is 560 g/mol. The third kappa shape index (κ3) is 5.82. The van der Waals surface area contributed by atoms with Crippen molar-refractivity contribution in [2.75, 3.05) is 20.3 Å². The number of hydrazone groups is 1. The first-order chi connectivity index (χ1) is 16.0. The Morgan fingerprint density at radius 3 is 2.73 bits per heavy atom. The second-order valence-corrected chi connectivity index (χ2v) is 8.92. The van der Waals surface area contributed by atoms with Crippen molar-refractivity contribution in [2.24, 2.45) is 5.10 Å². The first kappa shape index (κ1) is 23.5. The van der Waals surface area contributed by atoms with E-state index < -0.39 is 5.79 Å². The summed E-state index contributed by atoms with van der Waals surface area (Å²) in [5.41, 5.74) is 4.39. The van der Waals surface area contributed by atoms with Crippen molar-refractivity contribution in [2.45, 2.75) is 25.7 Å². The quantitative estimate of drug-likeness (QED) is 0.247. The Balaban J connectivity index is 1.43. The molecule has 7 nitrogen and oxygen atoms in total. The summed E-state index contributed by atoms with van der Waals surface area (Å²) in [6, 6.07) is 18.2. The molecule has 1 N–H and O–H groups in total. The van der Waals surface area contributed by atoms with Gasteiger partial charge in [-0.15, -0.1) is 0 Å². The van der Waals surface area contributed by atoms with Crippen LogP contribution in [0, 0.1) is 3.57 Å². The molecule has 1 fully saturated rings. The number of nitrogens with zero attached hydrogens (tertiary/aromatic N) is 1. The zero-order chi connectivity index (χ0) is 23.3. The fraction of sp³-hybridized carbons (Fsp3) is 0.280. The zero-order valence-corrected chi connectivity index (χ0v) is 20.6. The molecule has 1 aliphatic heterocycles. The lowest BCUT2D eigenvalue weighted by atomic mass is 10.1. The Morgan fingerprint density at radius 1 is 1.18 bits per heavy atom. The minimum atomic E-state index is -0.888. The van der Waals surface area contributed by atoms with E-state index in [-0.39, 0.29) is 12.3 Å². The number of carbonyl (C=O) groups is 1. The third-order valence-corrected chi connectivity index (χ3v) is 6.09. The molecule has 3 aromatic carbocycles. The molecule has 33 heavy (non-hydrogen) atoms. The lowest BCUT2D eigenvalue weighted by Gasteiger charge is -2.20. The lowest BCUT2D eigenvalue weighted by Crippen LogP contribution is -2.33. The maximum atomic E-state index is 12.1. The summed E-state index contributed by atoms with van der Waals surface area (Å²) in [6.07, 6.45) is 1.64. The van der Waals surface area contributed by atoms with Crippen molar-refractivity contribution in [1.82, 2.24) is 5.43 Å². The van der Waals surface area contributed by atoms with Crippen LogP contribution in [-0.4, -0.2) is 38.2 Å². The monoisotopic (exact) mass is 560 g/mol. The van der Waals surface area contributed by atoms with Gasteiger partial charge in [0.1, 0.15) is 6.61 Å².